The number of aliphatic hydroxyl groups is 1. The molecule has 3 amide bonds. The fourth-order valence-electron chi connectivity index (χ4n) is 7.55. The Labute approximate surface area is 242 Å². The predicted molar refractivity (Wildman–Crippen MR) is 158 cm³/mol. The van der Waals surface area contributed by atoms with Crippen molar-refractivity contribution in [1.29, 1.82) is 0 Å². The molecule has 4 aliphatic heterocycles. The topological polar surface area (TPSA) is 81.2 Å². The molecule has 0 radical (unpaired) electrons. The lowest BCUT2D eigenvalue weighted by Gasteiger charge is -2.44. The Morgan fingerprint density at radius 3 is 2.38 bits per heavy atom. The highest BCUT2D eigenvalue weighted by Crippen LogP contribution is 2.61. The molecule has 5 rings (SSSR count). The Morgan fingerprint density at radius 2 is 1.70 bits per heavy atom. The zero-order chi connectivity index (χ0) is 28.9. The average Bonchev–Trinajstić information content (AvgIpc) is 3.18. The van der Waals surface area contributed by atoms with Gasteiger partial charge in [-0.05, 0) is 37.7 Å². The molecule has 40 heavy (non-hydrogen) atoms. The van der Waals surface area contributed by atoms with E-state index in [1.807, 2.05) is 52.3 Å². The van der Waals surface area contributed by atoms with Crippen molar-refractivity contribution in [2.45, 2.75) is 75.6 Å². The van der Waals surface area contributed by atoms with E-state index in [1.165, 1.54) is 0 Å². The second-order valence-corrected chi connectivity index (χ2v) is 15.0. The molecule has 0 aliphatic carbocycles. The summed E-state index contributed by atoms with van der Waals surface area (Å²) >= 11 is 1.61. The number of carbonyl (C=O) groups excluding carboxylic acids is 3. The fourth-order valence-corrected chi connectivity index (χ4v) is 9.56. The van der Waals surface area contributed by atoms with Gasteiger partial charge in [-0.15, -0.1) is 11.8 Å². The van der Waals surface area contributed by atoms with Gasteiger partial charge in [0, 0.05) is 43.6 Å². The lowest BCUT2D eigenvalue weighted by atomic mass is 9.77. The van der Waals surface area contributed by atoms with Gasteiger partial charge in [-0.3, -0.25) is 14.4 Å². The van der Waals surface area contributed by atoms with E-state index in [0.29, 0.717) is 32.6 Å². The van der Waals surface area contributed by atoms with Crippen molar-refractivity contribution >= 4 is 29.5 Å². The average molecular weight is 566 g/mol. The Bertz CT molecular complexity index is 1210. The lowest BCUT2D eigenvalue weighted by molar-refractivity contribution is -0.147. The fraction of sp³-hybridized carbons (Fsp3) is 0.594. The number of likely N-dealkylation sites (tertiary alicyclic amines) is 1. The number of rotatable bonds is 7. The molecule has 5 atom stereocenters. The molecule has 7 nitrogen and oxygen atoms in total. The van der Waals surface area contributed by atoms with Crippen LogP contribution in [0, 0.1) is 17.3 Å². The number of carbonyl (C=O) groups is 3. The first-order valence-corrected chi connectivity index (χ1v) is 15.4. The first-order chi connectivity index (χ1) is 18.9. The minimum atomic E-state index is -0.832. The molecule has 4 heterocycles. The highest BCUT2D eigenvalue weighted by Gasteiger charge is 2.71. The van der Waals surface area contributed by atoms with Crippen LogP contribution in [0.2, 0.25) is 0 Å². The molecule has 1 aromatic rings. The van der Waals surface area contributed by atoms with Crippen molar-refractivity contribution in [2.75, 3.05) is 26.2 Å². The normalized spacial score (nSPS) is 30.4. The third kappa shape index (κ3) is 5.02. The van der Waals surface area contributed by atoms with Crippen LogP contribution in [-0.4, -0.2) is 85.3 Å². The highest BCUT2D eigenvalue weighted by molar-refractivity contribution is 8.02. The number of benzene rings is 1. The zero-order valence-electron chi connectivity index (χ0n) is 24.4. The van der Waals surface area contributed by atoms with Gasteiger partial charge in [0.15, 0.2) is 0 Å². The molecule has 8 heteroatoms. The molecular formula is C32H43N3O4S. The van der Waals surface area contributed by atoms with E-state index in [1.54, 1.807) is 16.7 Å². The number of hydrogen-bond donors (Lipinski definition) is 1. The molecule has 1 aromatic carbocycles. The lowest BCUT2D eigenvalue weighted by Crippen LogP contribution is -2.58. The highest BCUT2D eigenvalue weighted by atomic mass is 32.2. The third-order valence-electron chi connectivity index (χ3n) is 8.71. The molecule has 0 bridgehead atoms. The minimum absolute atomic E-state index is 0.0107. The molecular weight excluding hydrogens is 522 g/mol. The Hall–Kier alpha value is -2.58. The SMILES string of the molecule is CC(C)(C)CC(C)(C)N1CC=C[C@]23S[C@@H]4C=CCN(Cc5ccccc5)C(=O)[C@@H]4[C@H]2C(=O)N(CCCO)C3C1=O. The monoisotopic (exact) mass is 565 g/mol. The summed E-state index contributed by atoms with van der Waals surface area (Å²) in [5, 5.41) is 9.48. The molecule has 0 aromatic heterocycles. The second kappa shape index (κ2) is 10.7. The number of aliphatic hydroxyl groups excluding tert-OH is 1. The summed E-state index contributed by atoms with van der Waals surface area (Å²) < 4.78 is -0.832. The van der Waals surface area contributed by atoms with Crippen LogP contribution in [0.15, 0.2) is 54.6 Å². The first kappa shape index (κ1) is 28.9. The summed E-state index contributed by atoms with van der Waals surface area (Å²) in [6.45, 7) is 12.4. The van der Waals surface area contributed by atoms with Crippen LogP contribution < -0.4 is 0 Å². The Morgan fingerprint density at radius 1 is 0.975 bits per heavy atom. The minimum Gasteiger partial charge on any atom is -0.396 e. The number of amides is 3. The third-order valence-corrected chi connectivity index (χ3v) is 10.5. The van der Waals surface area contributed by atoms with Crippen LogP contribution in [0.25, 0.3) is 0 Å². The maximum absolute atomic E-state index is 14.6. The molecule has 2 fully saturated rings. The van der Waals surface area contributed by atoms with Crippen LogP contribution in [0.1, 0.15) is 53.0 Å². The van der Waals surface area contributed by atoms with Crippen LogP contribution >= 0.6 is 11.8 Å². The van der Waals surface area contributed by atoms with Gasteiger partial charge in [0.1, 0.15) is 6.04 Å². The van der Waals surface area contributed by atoms with E-state index in [4.69, 9.17) is 0 Å². The van der Waals surface area contributed by atoms with Gasteiger partial charge >= 0.3 is 0 Å². The number of hydrogen-bond acceptors (Lipinski definition) is 5. The van der Waals surface area contributed by atoms with Crippen LogP contribution in [0.5, 0.6) is 0 Å². The summed E-state index contributed by atoms with van der Waals surface area (Å²) in [4.78, 5) is 48.6. The van der Waals surface area contributed by atoms with E-state index in [0.717, 1.165) is 12.0 Å². The van der Waals surface area contributed by atoms with E-state index < -0.39 is 28.2 Å². The van der Waals surface area contributed by atoms with Crippen LogP contribution in [0.4, 0.5) is 0 Å². The molecule has 4 aliphatic rings. The predicted octanol–water partition coefficient (Wildman–Crippen LogP) is 3.88. The molecule has 1 N–H and O–H groups in total. The van der Waals surface area contributed by atoms with Crippen molar-refractivity contribution in [1.82, 2.24) is 14.7 Å². The van der Waals surface area contributed by atoms with Crippen molar-refractivity contribution in [2.24, 2.45) is 17.3 Å². The molecule has 0 saturated carbocycles. The van der Waals surface area contributed by atoms with Crippen LogP contribution in [-0.2, 0) is 20.9 Å². The van der Waals surface area contributed by atoms with Gasteiger partial charge in [-0.1, -0.05) is 75.4 Å². The van der Waals surface area contributed by atoms with Gasteiger partial charge in [0.05, 0.1) is 16.6 Å². The van der Waals surface area contributed by atoms with Gasteiger partial charge in [0.2, 0.25) is 17.7 Å². The maximum atomic E-state index is 14.6. The largest absolute Gasteiger partial charge is 0.396 e. The van der Waals surface area contributed by atoms with E-state index in [2.05, 4.69) is 46.8 Å². The summed E-state index contributed by atoms with van der Waals surface area (Å²) in [6, 6.07) is 9.21. The van der Waals surface area contributed by atoms with Crippen molar-refractivity contribution < 1.29 is 19.5 Å². The van der Waals surface area contributed by atoms with Crippen LogP contribution in [0.3, 0.4) is 0 Å². The Kier molecular flexibility index (Phi) is 7.72. The molecule has 216 valence electrons. The number of nitrogens with zero attached hydrogens (tertiary/aromatic N) is 3. The number of fused-ring (bicyclic) bond motifs is 2. The zero-order valence-corrected chi connectivity index (χ0v) is 25.2. The van der Waals surface area contributed by atoms with E-state index in [-0.39, 0.29) is 35.0 Å². The molecule has 1 spiro atoms. The standard InChI is InChI=1S/C32H43N3O4S/c1-30(2,3)21-31(4,5)35-18-10-15-32-25(28(38)34(17-11-19-36)26(32)29(35)39)24-23(40-32)14-9-16-33(27(24)37)20-22-12-7-6-8-13-22/h6-10,12-15,23-26,36H,11,16-21H2,1-5H3/t23-,24+,25+,26?,32+/m1/s1. The van der Waals surface area contributed by atoms with Gasteiger partial charge < -0.3 is 19.8 Å². The van der Waals surface area contributed by atoms with E-state index >= 15 is 0 Å². The number of thioether (sulfide) groups is 1. The molecule has 2 saturated heterocycles. The second-order valence-electron chi connectivity index (χ2n) is 13.5. The maximum Gasteiger partial charge on any atom is 0.247 e. The summed E-state index contributed by atoms with van der Waals surface area (Å²) in [5.74, 6) is -1.41. The van der Waals surface area contributed by atoms with E-state index in [9.17, 15) is 19.5 Å². The van der Waals surface area contributed by atoms with Crippen molar-refractivity contribution in [3.63, 3.8) is 0 Å². The first-order valence-electron chi connectivity index (χ1n) is 14.5. The summed E-state index contributed by atoms with van der Waals surface area (Å²) in [6.07, 6.45) is 9.44. The van der Waals surface area contributed by atoms with Crippen molar-refractivity contribution in [3.8, 4) is 0 Å². The summed E-state index contributed by atoms with van der Waals surface area (Å²) in [5.41, 5.74) is 0.631. The van der Waals surface area contributed by atoms with Gasteiger partial charge in [-0.2, -0.15) is 0 Å². The van der Waals surface area contributed by atoms with Gasteiger partial charge in [-0.25, -0.2) is 0 Å². The van der Waals surface area contributed by atoms with Gasteiger partial charge in [0.25, 0.3) is 0 Å². The smallest absolute Gasteiger partial charge is 0.247 e. The van der Waals surface area contributed by atoms with Crippen molar-refractivity contribution in [3.05, 3.63) is 60.2 Å². The summed E-state index contributed by atoms with van der Waals surface area (Å²) in [7, 11) is 0. The molecule has 1 unspecified atom stereocenters. The quantitative estimate of drug-likeness (QED) is 0.508. The Balaban J connectivity index is 1.53.